The summed E-state index contributed by atoms with van der Waals surface area (Å²) in [5.41, 5.74) is 6.19. The molecule has 1 aliphatic carbocycles. The number of rotatable bonds is 6. The predicted molar refractivity (Wildman–Crippen MR) is 74.2 cm³/mol. The van der Waals surface area contributed by atoms with Gasteiger partial charge in [0, 0.05) is 18.3 Å². The number of benzene rings is 1. The van der Waals surface area contributed by atoms with E-state index in [2.05, 4.69) is 0 Å². The maximum Gasteiger partial charge on any atom is 0.340 e. The minimum atomic E-state index is -0.564. The lowest BCUT2D eigenvalue weighted by Gasteiger charge is -2.25. The van der Waals surface area contributed by atoms with Gasteiger partial charge in [0.2, 0.25) is 0 Å². The minimum Gasteiger partial charge on any atom is -0.462 e. The third-order valence-corrected chi connectivity index (χ3v) is 3.25. The maximum absolute atomic E-state index is 14.1. The summed E-state index contributed by atoms with van der Waals surface area (Å²) in [5, 5.41) is 9.10. The molecule has 3 N–H and O–H groups in total. The summed E-state index contributed by atoms with van der Waals surface area (Å²) < 4.78 is 19.0. The van der Waals surface area contributed by atoms with Gasteiger partial charge in [0.05, 0.1) is 24.5 Å². The summed E-state index contributed by atoms with van der Waals surface area (Å²) >= 11 is 0. The number of halogens is 1. The zero-order valence-corrected chi connectivity index (χ0v) is 11.4. The van der Waals surface area contributed by atoms with E-state index in [9.17, 15) is 9.18 Å². The Bertz CT molecular complexity index is 503. The Kier molecular flexibility index (Phi) is 4.44. The molecule has 5 nitrogen and oxygen atoms in total. The number of nitrogen functional groups attached to an aromatic ring is 1. The van der Waals surface area contributed by atoms with E-state index < -0.39 is 11.8 Å². The van der Waals surface area contributed by atoms with Crippen molar-refractivity contribution in [3.8, 4) is 0 Å². The highest BCUT2D eigenvalue weighted by Crippen LogP contribution is 2.34. The molecule has 2 rings (SSSR count). The number of esters is 1. The van der Waals surface area contributed by atoms with E-state index in [-0.39, 0.29) is 30.5 Å². The van der Waals surface area contributed by atoms with Gasteiger partial charge in [-0.1, -0.05) is 0 Å². The van der Waals surface area contributed by atoms with E-state index in [1.54, 1.807) is 11.8 Å². The fourth-order valence-electron chi connectivity index (χ4n) is 2.18. The van der Waals surface area contributed by atoms with Crippen LogP contribution in [0, 0.1) is 5.82 Å². The van der Waals surface area contributed by atoms with Crippen LogP contribution in [0.25, 0.3) is 0 Å². The molecule has 0 saturated heterocycles. The van der Waals surface area contributed by atoms with Crippen molar-refractivity contribution >= 4 is 17.3 Å². The molecule has 1 aromatic rings. The van der Waals surface area contributed by atoms with Gasteiger partial charge in [-0.15, -0.1) is 0 Å². The first-order valence-corrected chi connectivity index (χ1v) is 6.72. The fraction of sp³-hybridized carbons (Fsp3) is 0.500. The molecule has 0 amide bonds. The fourth-order valence-corrected chi connectivity index (χ4v) is 2.18. The van der Waals surface area contributed by atoms with E-state index in [1.807, 2.05) is 0 Å². The smallest absolute Gasteiger partial charge is 0.340 e. The molecule has 0 bridgehead atoms. The predicted octanol–water partition coefficient (Wildman–Crippen LogP) is 1.55. The molecule has 20 heavy (non-hydrogen) atoms. The molecule has 6 heteroatoms. The molecular weight excluding hydrogens is 263 g/mol. The Morgan fingerprint density at radius 3 is 2.80 bits per heavy atom. The number of nitrogens with two attached hydrogens (primary N) is 1. The number of anilines is 2. The zero-order chi connectivity index (χ0) is 14.7. The van der Waals surface area contributed by atoms with Crippen molar-refractivity contribution in [1.82, 2.24) is 0 Å². The lowest BCUT2D eigenvalue weighted by Crippen LogP contribution is -2.30. The number of aliphatic hydroxyl groups excluding tert-OH is 1. The molecule has 0 spiro atoms. The summed E-state index contributed by atoms with van der Waals surface area (Å²) in [6, 6.07) is 2.76. The first-order chi connectivity index (χ1) is 9.58. The van der Waals surface area contributed by atoms with Gasteiger partial charge in [-0.05, 0) is 31.9 Å². The van der Waals surface area contributed by atoms with Crippen molar-refractivity contribution in [1.29, 1.82) is 0 Å². The summed E-state index contributed by atoms with van der Waals surface area (Å²) in [4.78, 5) is 13.6. The van der Waals surface area contributed by atoms with Crippen molar-refractivity contribution in [3.63, 3.8) is 0 Å². The summed E-state index contributed by atoms with van der Waals surface area (Å²) in [7, 11) is 0. The van der Waals surface area contributed by atoms with Crippen LogP contribution in [0.4, 0.5) is 15.8 Å². The van der Waals surface area contributed by atoms with Gasteiger partial charge in [-0.25, -0.2) is 9.18 Å². The van der Waals surface area contributed by atoms with Crippen LogP contribution in [-0.2, 0) is 4.74 Å². The van der Waals surface area contributed by atoms with Gasteiger partial charge in [-0.3, -0.25) is 0 Å². The maximum atomic E-state index is 14.1. The molecule has 1 aliphatic rings. The van der Waals surface area contributed by atoms with E-state index in [0.29, 0.717) is 12.2 Å². The Morgan fingerprint density at radius 2 is 2.25 bits per heavy atom. The van der Waals surface area contributed by atoms with Crippen LogP contribution in [0.3, 0.4) is 0 Å². The largest absolute Gasteiger partial charge is 0.462 e. The second-order valence-electron chi connectivity index (χ2n) is 4.76. The van der Waals surface area contributed by atoms with Crippen LogP contribution in [0.5, 0.6) is 0 Å². The molecule has 0 radical (unpaired) electrons. The number of hydrogen-bond donors (Lipinski definition) is 2. The Hall–Kier alpha value is -1.82. The van der Waals surface area contributed by atoms with Crippen molar-refractivity contribution in [3.05, 3.63) is 23.5 Å². The lowest BCUT2D eigenvalue weighted by molar-refractivity contribution is 0.0527. The minimum absolute atomic E-state index is 0.0597. The van der Waals surface area contributed by atoms with Crippen LogP contribution in [-0.4, -0.2) is 36.9 Å². The Morgan fingerprint density at radius 1 is 1.55 bits per heavy atom. The molecule has 1 saturated carbocycles. The van der Waals surface area contributed by atoms with Gasteiger partial charge in [0.1, 0.15) is 5.82 Å². The molecule has 0 aliphatic heterocycles. The third kappa shape index (κ3) is 3.01. The molecule has 0 unspecified atom stereocenters. The number of nitrogens with zero attached hydrogens (tertiary/aromatic N) is 1. The van der Waals surface area contributed by atoms with Crippen LogP contribution >= 0.6 is 0 Å². The Labute approximate surface area is 117 Å². The van der Waals surface area contributed by atoms with Crippen molar-refractivity contribution in [2.45, 2.75) is 25.8 Å². The summed E-state index contributed by atoms with van der Waals surface area (Å²) in [6.45, 7) is 2.18. The van der Waals surface area contributed by atoms with Crippen LogP contribution < -0.4 is 10.6 Å². The average Bonchev–Trinajstić information content (AvgIpc) is 3.21. The van der Waals surface area contributed by atoms with Crippen LogP contribution in [0.15, 0.2) is 12.1 Å². The SMILES string of the molecule is CCOC(=O)c1cc(N(CCO)C2CC2)c(F)cc1N. The van der Waals surface area contributed by atoms with E-state index in [1.165, 1.54) is 6.07 Å². The monoisotopic (exact) mass is 282 g/mol. The van der Waals surface area contributed by atoms with Gasteiger partial charge < -0.3 is 20.5 Å². The van der Waals surface area contributed by atoms with Gasteiger partial charge in [0.15, 0.2) is 0 Å². The number of ether oxygens (including phenoxy) is 1. The number of aliphatic hydroxyl groups is 1. The van der Waals surface area contributed by atoms with E-state index in [0.717, 1.165) is 18.9 Å². The average molecular weight is 282 g/mol. The molecule has 0 atom stereocenters. The van der Waals surface area contributed by atoms with Crippen molar-refractivity contribution < 1.29 is 19.0 Å². The molecule has 1 fully saturated rings. The summed E-state index contributed by atoms with van der Waals surface area (Å²) in [6.07, 6.45) is 1.91. The first kappa shape index (κ1) is 14.6. The molecule has 0 heterocycles. The highest BCUT2D eigenvalue weighted by atomic mass is 19.1. The van der Waals surface area contributed by atoms with Gasteiger partial charge in [-0.2, -0.15) is 0 Å². The highest BCUT2D eigenvalue weighted by molar-refractivity contribution is 5.96. The molecular formula is C14H19FN2O3. The topological polar surface area (TPSA) is 75.8 Å². The number of hydrogen-bond acceptors (Lipinski definition) is 5. The van der Waals surface area contributed by atoms with E-state index in [4.69, 9.17) is 15.6 Å². The molecule has 1 aromatic carbocycles. The van der Waals surface area contributed by atoms with Crippen LogP contribution in [0.1, 0.15) is 30.1 Å². The van der Waals surface area contributed by atoms with Gasteiger partial charge in [0.25, 0.3) is 0 Å². The Balaban J connectivity index is 2.36. The van der Waals surface area contributed by atoms with Crippen molar-refractivity contribution in [2.24, 2.45) is 0 Å². The third-order valence-electron chi connectivity index (χ3n) is 3.25. The van der Waals surface area contributed by atoms with Gasteiger partial charge >= 0.3 is 5.97 Å². The summed E-state index contributed by atoms with van der Waals surface area (Å²) in [5.74, 6) is -1.05. The van der Waals surface area contributed by atoms with Crippen molar-refractivity contribution in [2.75, 3.05) is 30.4 Å². The highest BCUT2D eigenvalue weighted by Gasteiger charge is 2.31. The number of carbonyl (C=O) groups is 1. The van der Waals surface area contributed by atoms with E-state index >= 15 is 0 Å². The second kappa shape index (κ2) is 6.09. The quantitative estimate of drug-likeness (QED) is 0.611. The zero-order valence-electron chi connectivity index (χ0n) is 11.4. The normalized spacial score (nSPS) is 14.2. The molecule has 0 aromatic heterocycles. The lowest BCUT2D eigenvalue weighted by atomic mass is 10.1. The number of carbonyl (C=O) groups excluding carboxylic acids is 1. The first-order valence-electron chi connectivity index (χ1n) is 6.72. The van der Waals surface area contributed by atoms with Crippen LogP contribution in [0.2, 0.25) is 0 Å². The second-order valence-corrected chi connectivity index (χ2v) is 4.76. The molecule has 110 valence electrons. The standard InChI is InChI=1S/C14H19FN2O3/c1-2-20-14(19)10-7-13(11(15)8-12(10)16)17(5-6-18)9-3-4-9/h7-9,18H,2-6,16H2,1H3.